The Bertz CT molecular complexity index is 1040. The van der Waals surface area contributed by atoms with Gasteiger partial charge >= 0.3 is 5.97 Å². The van der Waals surface area contributed by atoms with E-state index in [-0.39, 0.29) is 5.97 Å². The zero-order valence-electron chi connectivity index (χ0n) is 17.9. The number of fused-ring (bicyclic) bond motifs is 1. The monoisotopic (exact) mass is 404 g/mol. The van der Waals surface area contributed by atoms with Crippen LogP contribution in [0.2, 0.25) is 0 Å². The van der Waals surface area contributed by atoms with E-state index in [9.17, 15) is 4.79 Å². The Labute approximate surface area is 177 Å². The average molecular weight is 405 g/mol. The smallest absolute Gasteiger partial charge is 0.341 e. The first-order valence-corrected chi connectivity index (χ1v) is 10.5. The molecule has 0 saturated carbocycles. The van der Waals surface area contributed by atoms with Crippen LogP contribution in [0, 0.1) is 13.8 Å². The first kappa shape index (κ1) is 20.3. The van der Waals surface area contributed by atoms with Gasteiger partial charge in [0.1, 0.15) is 5.56 Å². The number of pyridine rings is 2. The summed E-state index contributed by atoms with van der Waals surface area (Å²) in [5, 5.41) is 1.02. The van der Waals surface area contributed by atoms with Crippen LogP contribution in [0.5, 0.6) is 0 Å². The summed E-state index contributed by atoms with van der Waals surface area (Å²) >= 11 is 0. The minimum absolute atomic E-state index is 0.308. The van der Waals surface area contributed by atoms with Gasteiger partial charge in [0, 0.05) is 50.5 Å². The quantitative estimate of drug-likeness (QED) is 0.604. The molecule has 0 radical (unpaired) electrons. The molecule has 1 aromatic carbocycles. The number of benzene rings is 1. The third kappa shape index (κ3) is 4.14. The van der Waals surface area contributed by atoms with Crippen LogP contribution in [0.15, 0.2) is 42.7 Å². The fourth-order valence-electron chi connectivity index (χ4n) is 4.20. The molecule has 4 rings (SSSR count). The Balaban J connectivity index is 1.65. The number of carbonyl (C=O) groups is 1. The fraction of sp³-hybridized carbons (Fsp3) is 0.375. The molecule has 0 N–H and O–H groups in total. The molecule has 0 bridgehead atoms. The van der Waals surface area contributed by atoms with Gasteiger partial charge in [0.15, 0.2) is 0 Å². The van der Waals surface area contributed by atoms with E-state index in [0.717, 1.165) is 66.1 Å². The number of hydrogen-bond donors (Lipinski definition) is 0. The van der Waals surface area contributed by atoms with E-state index >= 15 is 0 Å². The maximum Gasteiger partial charge on any atom is 0.341 e. The molecule has 0 aliphatic carbocycles. The summed E-state index contributed by atoms with van der Waals surface area (Å²) in [6.07, 6.45) is 3.52. The van der Waals surface area contributed by atoms with Crippen molar-refractivity contribution in [2.45, 2.75) is 27.3 Å². The number of hydrogen-bond acceptors (Lipinski definition) is 6. The number of aromatic nitrogens is 2. The number of piperazine rings is 1. The summed E-state index contributed by atoms with van der Waals surface area (Å²) in [7, 11) is 0. The highest BCUT2D eigenvalue weighted by atomic mass is 16.5. The highest BCUT2D eigenvalue weighted by Gasteiger charge is 2.25. The SMILES string of the molecule is CCOC(=O)c1cnc2c(C)cc(C)cc2c1N1CCN(Cc2ccccn2)CC1. The Hall–Kier alpha value is -2.99. The van der Waals surface area contributed by atoms with Crippen LogP contribution in [0.3, 0.4) is 0 Å². The summed E-state index contributed by atoms with van der Waals surface area (Å²) in [4.78, 5) is 26.5. The van der Waals surface area contributed by atoms with Crippen LogP contribution >= 0.6 is 0 Å². The number of carbonyl (C=O) groups excluding carboxylic acids is 1. The molecule has 0 spiro atoms. The maximum atomic E-state index is 12.7. The van der Waals surface area contributed by atoms with Gasteiger partial charge in [-0.2, -0.15) is 0 Å². The second kappa shape index (κ2) is 8.79. The third-order valence-corrected chi connectivity index (χ3v) is 5.57. The van der Waals surface area contributed by atoms with Gasteiger partial charge in [-0.25, -0.2) is 4.79 Å². The van der Waals surface area contributed by atoms with Gasteiger partial charge in [0.25, 0.3) is 0 Å². The number of rotatable bonds is 5. The molecular formula is C24H28N4O2. The van der Waals surface area contributed by atoms with Crippen molar-refractivity contribution in [1.82, 2.24) is 14.9 Å². The zero-order valence-corrected chi connectivity index (χ0v) is 17.9. The van der Waals surface area contributed by atoms with Crippen LogP contribution in [0.1, 0.15) is 34.1 Å². The molecule has 1 aliphatic heterocycles. The lowest BCUT2D eigenvalue weighted by Gasteiger charge is -2.37. The van der Waals surface area contributed by atoms with Gasteiger partial charge in [-0.15, -0.1) is 0 Å². The van der Waals surface area contributed by atoms with E-state index in [2.05, 4.69) is 51.8 Å². The van der Waals surface area contributed by atoms with Gasteiger partial charge < -0.3 is 9.64 Å². The topological polar surface area (TPSA) is 58.6 Å². The zero-order chi connectivity index (χ0) is 21.1. The minimum atomic E-state index is -0.308. The van der Waals surface area contributed by atoms with Gasteiger partial charge in [-0.05, 0) is 44.5 Å². The molecule has 3 heterocycles. The average Bonchev–Trinajstić information content (AvgIpc) is 2.74. The van der Waals surface area contributed by atoms with Crippen molar-refractivity contribution in [1.29, 1.82) is 0 Å². The number of aryl methyl sites for hydroxylation is 2. The van der Waals surface area contributed by atoms with E-state index in [0.29, 0.717) is 12.2 Å². The van der Waals surface area contributed by atoms with Crippen molar-refractivity contribution < 1.29 is 9.53 Å². The summed E-state index contributed by atoms with van der Waals surface area (Å²) in [6, 6.07) is 10.3. The fourth-order valence-corrected chi connectivity index (χ4v) is 4.20. The molecule has 3 aromatic rings. The molecule has 0 atom stereocenters. The number of esters is 1. The van der Waals surface area contributed by atoms with Crippen molar-refractivity contribution in [2.24, 2.45) is 0 Å². The summed E-state index contributed by atoms with van der Waals surface area (Å²) in [6.45, 7) is 10.7. The first-order valence-electron chi connectivity index (χ1n) is 10.5. The first-order chi connectivity index (χ1) is 14.6. The lowest BCUT2D eigenvalue weighted by molar-refractivity contribution is 0.0526. The lowest BCUT2D eigenvalue weighted by Crippen LogP contribution is -2.46. The molecule has 0 amide bonds. The molecule has 6 heteroatoms. The van der Waals surface area contributed by atoms with Crippen molar-refractivity contribution in [3.8, 4) is 0 Å². The van der Waals surface area contributed by atoms with Crippen LogP contribution in [0.25, 0.3) is 10.9 Å². The highest BCUT2D eigenvalue weighted by Crippen LogP contribution is 2.33. The number of anilines is 1. The predicted molar refractivity (Wildman–Crippen MR) is 119 cm³/mol. The molecule has 1 aliphatic rings. The van der Waals surface area contributed by atoms with Gasteiger partial charge in [0.2, 0.25) is 0 Å². The molecule has 0 unspecified atom stereocenters. The second-order valence-electron chi connectivity index (χ2n) is 7.80. The van der Waals surface area contributed by atoms with E-state index < -0.39 is 0 Å². The molecule has 30 heavy (non-hydrogen) atoms. The van der Waals surface area contributed by atoms with Gasteiger partial charge in [-0.3, -0.25) is 14.9 Å². The van der Waals surface area contributed by atoms with E-state index in [1.54, 1.807) is 6.20 Å². The molecule has 156 valence electrons. The summed E-state index contributed by atoms with van der Waals surface area (Å²) < 4.78 is 5.34. The Morgan fingerprint density at radius 3 is 2.60 bits per heavy atom. The van der Waals surface area contributed by atoms with Gasteiger partial charge in [0.05, 0.1) is 23.5 Å². The van der Waals surface area contributed by atoms with E-state index in [1.165, 1.54) is 0 Å². The number of ether oxygens (including phenoxy) is 1. The van der Waals surface area contributed by atoms with Crippen molar-refractivity contribution in [3.63, 3.8) is 0 Å². The molecule has 2 aromatic heterocycles. The van der Waals surface area contributed by atoms with Crippen molar-refractivity contribution in [3.05, 3.63) is 65.1 Å². The van der Waals surface area contributed by atoms with Crippen LogP contribution in [0.4, 0.5) is 5.69 Å². The molecule has 1 fully saturated rings. The Kier molecular flexibility index (Phi) is 5.95. The summed E-state index contributed by atoms with van der Waals surface area (Å²) in [5.41, 5.74) is 5.81. The maximum absolute atomic E-state index is 12.7. The minimum Gasteiger partial charge on any atom is -0.462 e. The Morgan fingerprint density at radius 2 is 1.90 bits per heavy atom. The molecule has 6 nitrogen and oxygen atoms in total. The van der Waals surface area contributed by atoms with Gasteiger partial charge in [-0.1, -0.05) is 17.7 Å². The molecule has 1 saturated heterocycles. The predicted octanol–water partition coefficient (Wildman–Crippen LogP) is 3.75. The van der Waals surface area contributed by atoms with Crippen LogP contribution < -0.4 is 4.90 Å². The third-order valence-electron chi connectivity index (χ3n) is 5.57. The van der Waals surface area contributed by atoms with Crippen LogP contribution in [-0.4, -0.2) is 53.6 Å². The normalized spacial score (nSPS) is 14.8. The number of nitrogens with zero attached hydrogens (tertiary/aromatic N) is 4. The van der Waals surface area contributed by atoms with E-state index in [1.807, 2.05) is 25.3 Å². The lowest BCUT2D eigenvalue weighted by atomic mass is 10.0. The largest absolute Gasteiger partial charge is 0.462 e. The highest BCUT2D eigenvalue weighted by molar-refractivity contribution is 6.06. The summed E-state index contributed by atoms with van der Waals surface area (Å²) in [5.74, 6) is -0.308. The van der Waals surface area contributed by atoms with Crippen molar-refractivity contribution >= 4 is 22.6 Å². The standard InChI is InChI=1S/C24H28N4O2/c1-4-30-24(29)21-15-26-22-18(3)13-17(2)14-20(22)23(21)28-11-9-27(10-12-28)16-19-7-5-6-8-25-19/h5-8,13-15H,4,9-12,16H2,1-3H3. The Morgan fingerprint density at radius 1 is 1.10 bits per heavy atom. The molecular weight excluding hydrogens is 376 g/mol. The van der Waals surface area contributed by atoms with E-state index in [4.69, 9.17) is 4.74 Å². The van der Waals surface area contributed by atoms with Crippen molar-refractivity contribution in [2.75, 3.05) is 37.7 Å². The second-order valence-corrected chi connectivity index (χ2v) is 7.80. The van der Waals surface area contributed by atoms with Crippen LogP contribution in [-0.2, 0) is 11.3 Å².